The molecule has 0 atom stereocenters. The van der Waals surface area contributed by atoms with Crippen LogP contribution in [-0.2, 0) is 0 Å². The van der Waals surface area contributed by atoms with Crippen LogP contribution in [0, 0.1) is 0 Å². The molecule has 0 aromatic carbocycles. The van der Waals surface area contributed by atoms with Crippen molar-refractivity contribution in [2.24, 2.45) is 4.99 Å². The molecule has 0 bridgehead atoms. The number of carboxylic acid groups (broad SMARTS) is 1. The normalized spacial score (nSPS) is 12.9. The average molecular weight is 190 g/mol. The molecule has 14 heavy (non-hydrogen) atoms. The smallest absolute Gasteiger partial charge is 0.339 e. The van der Waals surface area contributed by atoms with Crippen LogP contribution in [0.1, 0.15) is 10.4 Å². The third-order valence-electron chi connectivity index (χ3n) is 1.66. The Morgan fingerprint density at radius 3 is 3.14 bits per heavy atom. The molecule has 1 aliphatic rings. The second kappa shape index (κ2) is 3.29. The first-order valence-electron chi connectivity index (χ1n) is 3.87. The van der Waals surface area contributed by atoms with E-state index >= 15 is 0 Å². The zero-order chi connectivity index (χ0) is 9.97. The Labute approximate surface area is 79.4 Å². The van der Waals surface area contributed by atoms with Gasteiger partial charge in [-0.05, 0) is 12.1 Å². The van der Waals surface area contributed by atoms with Crippen LogP contribution in [0.2, 0.25) is 0 Å². The molecule has 1 aromatic rings. The lowest BCUT2D eigenvalue weighted by Crippen LogP contribution is -2.00. The molecule has 0 fully saturated rings. The molecule has 1 N–H and O–H groups in total. The topological polar surface area (TPSA) is 71.8 Å². The summed E-state index contributed by atoms with van der Waals surface area (Å²) in [4.78, 5) is 18.6. The summed E-state index contributed by atoms with van der Waals surface area (Å²) in [6.45, 7) is 0. The zero-order valence-electron chi connectivity index (χ0n) is 7.04. The number of pyridine rings is 1. The van der Waals surface area contributed by atoms with Crippen LogP contribution in [0.4, 0.5) is 5.82 Å². The predicted octanol–water partition coefficient (Wildman–Crippen LogP) is 1.39. The molecule has 0 radical (unpaired) electrons. The van der Waals surface area contributed by atoms with Crippen LogP contribution in [0.25, 0.3) is 0 Å². The number of aromatic nitrogens is 1. The Hall–Kier alpha value is -2.17. The van der Waals surface area contributed by atoms with E-state index in [9.17, 15) is 4.79 Å². The highest BCUT2D eigenvalue weighted by atomic mass is 16.5. The highest BCUT2D eigenvalue weighted by Crippen LogP contribution is 2.30. The van der Waals surface area contributed by atoms with Crippen LogP contribution in [0.3, 0.4) is 0 Å². The summed E-state index contributed by atoms with van der Waals surface area (Å²) in [6, 6.07) is 1.37. The SMILES string of the molecule is O=C(O)c1ccnc2c1OC=CC=N2. The van der Waals surface area contributed by atoms with Crippen molar-refractivity contribution in [1.29, 1.82) is 0 Å². The maximum absolute atomic E-state index is 10.8. The summed E-state index contributed by atoms with van der Waals surface area (Å²) in [6.07, 6.45) is 5.80. The molecular formula is C9H6N2O3. The molecule has 0 saturated carbocycles. The zero-order valence-corrected chi connectivity index (χ0v) is 7.04. The summed E-state index contributed by atoms with van der Waals surface area (Å²) in [5.74, 6) is -0.617. The number of carbonyl (C=O) groups is 1. The Morgan fingerprint density at radius 2 is 2.36 bits per heavy atom. The molecule has 70 valence electrons. The van der Waals surface area contributed by atoms with Crippen molar-refractivity contribution in [2.75, 3.05) is 0 Å². The van der Waals surface area contributed by atoms with Gasteiger partial charge in [0, 0.05) is 12.4 Å². The number of hydrogen-bond donors (Lipinski definition) is 1. The van der Waals surface area contributed by atoms with Crippen LogP contribution in [0.15, 0.2) is 29.6 Å². The largest absolute Gasteiger partial charge is 0.478 e. The van der Waals surface area contributed by atoms with E-state index in [0.29, 0.717) is 0 Å². The first-order valence-corrected chi connectivity index (χ1v) is 3.87. The highest BCUT2D eigenvalue weighted by Gasteiger charge is 2.16. The van der Waals surface area contributed by atoms with Gasteiger partial charge >= 0.3 is 5.97 Å². The summed E-state index contributed by atoms with van der Waals surface area (Å²) >= 11 is 0. The summed E-state index contributed by atoms with van der Waals surface area (Å²) in [5.41, 5.74) is 0.0544. The van der Waals surface area contributed by atoms with Gasteiger partial charge in [-0.15, -0.1) is 0 Å². The van der Waals surface area contributed by atoms with E-state index in [1.807, 2.05) is 0 Å². The monoisotopic (exact) mass is 190 g/mol. The molecule has 0 aliphatic carbocycles. The van der Waals surface area contributed by atoms with E-state index in [4.69, 9.17) is 9.84 Å². The van der Waals surface area contributed by atoms with Crippen LogP contribution < -0.4 is 4.74 Å². The summed E-state index contributed by atoms with van der Waals surface area (Å²) in [5, 5.41) is 8.85. The molecule has 2 heterocycles. The molecule has 0 saturated heterocycles. The van der Waals surface area contributed by atoms with Crippen molar-refractivity contribution in [3.8, 4) is 5.75 Å². The average Bonchev–Trinajstić information content (AvgIpc) is 2.41. The first-order chi connectivity index (χ1) is 6.79. The fraction of sp³-hybridized carbons (Fsp3) is 0. The van der Waals surface area contributed by atoms with E-state index in [1.54, 1.807) is 6.08 Å². The van der Waals surface area contributed by atoms with E-state index in [-0.39, 0.29) is 17.1 Å². The van der Waals surface area contributed by atoms with Crippen molar-refractivity contribution in [2.45, 2.75) is 0 Å². The first kappa shape index (κ1) is 8.43. The number of hydrogen-bond acceptors (Lipinski definition) is 4. The Kier molecular flexibility index (Phi) is 1.98. The van der Waals surface area contributed by atoms with E-state index in [1.165, 1.54) is 24.7 Å². The quantitative estimate of drug-likeness (QED) is 0.726. The molecule has 5 heteroatoms. The number of carboxylic acids is 1. The molecular weight excluding hydrogens is 184 g/mol. The third kappa shape index (κ3) is 1.35. The van der Waals surface area contributed by atoms with Gasteiger partial charge in [0.25, 0.3) is 0 Å². The number of fused-ring (bicyclic) bond motifs is 1. The number of nitrogens with zero attached hydrogens (tertiary/aromatic N) is 2. The lowest BCUT2D eigenvalue weighted by Gasteiger charge is -2.04. The van der Waals surface area contributed by atoms with Gasteiger partial charge in [0.05, 0.1) is 6.26 Å². The van der Waals surface area contributed by atoms with Crippen molar-refractivity contribution in [3.05, 3.63) is 30.2 Å². The summed E-state index contributed by atoms with van der Waals surface area (Å²) in [7, 11) is 0. The van der Waals surface area contributed by atoms with Crippen molar-refractivity contribution in [1.82, 2.24) is 4.98 Å². The van der Waals surface area contributed by atoms with Gasteiger partial charge in [0.1, 0.15) is 5.56 Å². The van der Waals surface area contributed by atoms with Gasteiger partial charge in [0.2, 0.25) is 0 Å². The van der Waals surface area contributed by atoms with Crippen LogP contribution >= 0.6 is 0 Å². The summed E-state index contributed by atoms with van der Waals surface area (Å²) < 4.78 is 5.09. The molecule has 0 amide bonds. The minimum Gasteiger partial charge on any atom is -0.478 e. The van der Waals surface area contributed by atoms with Gasteiger partial charge in [-0.25, -0.2) is 14.8 Å². The Morgan fingerprint density at radius 1 is 1.50 bits per heavy atom. The standard InChI is InChI=1S/C9H6N2O3/c12-9(13)6-2-4-11-8-7(6)14-5-1-3-10-8/h1-5H,(H,12,13). The molecule has 2 rings (SSSR count). The fourth-order valence-corrected chi connectivity index (χ4v) is 1.07. The molecule has 1 aromatic heterocycles. The lowest BCUT2D eigenvalue weighted by atomic mass is 10.2. The van der Waals surface area contributed by atoms with Gasteiger partial charge in [0.15, 0.2) is 11.6 Å². The maximum atomic E-state index is 10.8. The number of rotatable bonds is 1. The van der Waals surface area contributed by atoms with Crippen LogP contribution in [0.5, 0.6) is 5.75 Å². The predicted molar refractivity (Wildman–Crippen MR) is 49.1 cm³/mol. The molecule has 5 nitrogen and oxygen atoms in total. The van der Waals surface area contributed by atoms with Gasteiger partial charge in [-0.2, -0.15) is 0 Å². The number of aliphatic imine (C=N–C) groups is 1. The Balaban J connectivity index is 2.61. The fourth-order valence-electron chi connectivity index (χ4n) is 1.07. The third-order valence-corrected chi connectivity index (χ3v) is 1.66. The molecule has 0 unspecified atom stereocenters. The van der Waals surface area contributed by atoms with E-state index in [0.717, 1.165) is 0 Å². The van der Waals surface area contributed by atoms with Crippen molar-refractivity contribution in [3.63, 3.8) is 0 Å². The number of aromatic carboxylic acids is 1. The molecule has 0 spiro atoms. The minimum atomic E-state index is -1.06. The minimum absolute atomic E-state index is 0.0544. The van der Waals surface area contributed by atoms with Crippen molar-refractivity contribution >= 4 is 18.0 Å². The van der Waals surface area contributed by atoms with E-state index < -0.39 is 5.97 Å². The number of ether oxygens (including phenoxy) is 1. The second-order valence-corrected chi connectivity index (χ2v) is 2.54. The van der Waals surface area contributed by atoms with Gasteiger partial charge in [-0.1, -0.05) is 0 Å². The second-order valence-electron chi connectivity index (χ2n) is 2.54. The highest BCUT2D eigenvalue weighted by molar-refractivity contribution is 5.93. The maximum Gasteiger partial charge on any atom is 0.339 e. The van der Waals surface area contributed by atoms with E-state index in [2.05, 4.69) is 9.98 Å². The van der Waals surface area contributed by atoms with Gasteiger partial charge in [-0.3, -0.25) is 0 Å². The molecule has 1 aliphatic heterocycles. The lowest BCUT2D eigenvalue weighted by molar-refractivity contribution is 0.0694. The van der Waals surface area contributed by atoms with Gasteiger partial charge < -0.3 is 9.84 Å². The van der Waals surface area contributed by atoms with Crippen LogP contribution in [-0.4, -0.2) is 22.3 Å². The number of allylic oxidation sites excluding steroid dienone is 1. The van der Waals surface area contributed by atoms with Crippen molar-refractivity contribution < 1.29 is 14.6 Å². The Bertz CT molecular complexity index is 438.